The number of benzene rings is 1. The largest absolute Gasteiger partial charge is 0.460 e. The Hall–Kier alpha value is -2.09. The van der Waals surface area contributed by atoms with E-state index < -0.39 is 0 Å². The van der Waals surface area contributed by atoms with Crippen LogP contribution < -0.4 is 0 Å². The number of carbonyl (C=O) groups excluding carboxylic acids is 1. The van der Waals surface area contributed by atoms with Crippen LogP contribution in [0.2, 0.25) is 0 Å². The van der Waals surface area contributed by atoms with Crippen molar-refractivity contribution < 1.29 is 9.21 Å². The zero-order chi connectivity index (χ0) is 14.1. The lowest BCUT2D eigenvalue weighted by Crippen LogP contribution is -2.35. The molecule has 1 heterocycles. The van der Waals surface area contributed by atoms with E-state index in [1.54, 1.807) is 6.26 Å². The third-order valence-corrected chi connectivity index (χ3v) is 4.86. The molecule has 1 aromatic carbocycles. The summed E-state index contributed by atoms with van der Waals surface area (Å²) < 4.78 is 5.64. The summed E-state index contributed by atoms with van der Waals surface area (Å²) in [5, 5.41) is 0. The van der Waals surface area contributed by atoms with Gasteiger partial charge in [0.2, 0.25) is 5.78 Å². The average molecular weight is 264 g/mol. The summed E-state index contributed by atoms with van der Waals surface area (Å²) in [4.78, 5) is 12.7. The average Bonchev–Trinajstić information content (AvgIpc) is 2.88. The Morgan fingerprint density at radius 2 is 1.95 bits per heavy atom. The van der Waals surface area contributed by atoms with E-state index in [-0.39, 0.29) is 11.2 Å². The molecule has 0 N–H and O–H groups in total. The van der Waals surface area contributed by atoms with Crippen LogP contribution in [0, 0.1) is 6.92 Å². The fourth-order valence-corrected chi connectivity index (χ4v) is 3.87. The normalized spacial score (nSPS) is 23.1. The highest BCUT2D eigenvalue weighted by Gasteiger charge is 2.46. The summed E-state index contributed by atoms with van der Waals surface area (Å²) in [7, 11) is 0. The quantitative estimate of drug-likeness (QED) is 0.712. The van der Waals surface area contributed by atoms with Crippen LogP contribution in [0.3, 0.4) is 0 Å². The molecule has 2 nitrogen and oxygen atoms in total. The smallest absolute Gasteiger partial charge is 0.228 e. The van der Waals surface area contributed by atoms with E-state index in [0.717, 1.165) is 23.1 Å². The van der Waals surface area contributed by atoms with Gasteiger partial charge in [-0.3, -0.25) is 4.79 Å². The highest BCUT2D eigenvalue weighted by atomic mass is 16.3. The number of fused-ring (bicyclic) bond motifs is 2. The lowest BCUT2D eigenvalue weighted by atomic mass is 9.62. The van der Waals surface area contributed by atoms with E-state index in [0.29, 0.717) is 5.76 Å². The fourth-order valence-electron chi connectivity index (χ4n) is 3.87. The standard InChI is InChI=1S/C18H16O2/c1-10-7-8-18(3)14-11(2)5-4-6-12(14)16(19)17-15(18)13(10)9-20-17/h4-7,9H,8H2,1-3H3. The van der Waals surface area contributed by atoms with Gasteiger partial charge >= 0.3 is 0 Å². The molecule has 1 atom stereocenters. The Labute approximate surface area is 118 Å². The Bertz CT molecular complexity index is 792. The van der Waals surface area contributed by atoms with Crippen LogP contribution in [0.5, 0.6) is 0 Å². The molecular formula is C18H16O2. The van der Waals surface area contributed by atoms with Crippen LogP contribution in [0.15, 0.2) is 35.0 Å². The third-order valence-electron chi connectivity index (χ3n) is 4.86. The highest BCUT2D eigenvalue weighted by Crippen LogP contribution is 2.51. The number of allylic oxidation sites excluding steroid dienone is 2. The van der Waals surface area contributed by atoms with E-state index in [1.807, 2.05) is 12.1 Å². The van der Waals surface area contributed by atoms with Gasteiger partial charge in [0.25, 0.3) is 0 Å². The third kappa shape index (κ3) is 1.17. The fraction of sp³-hybridized carbons (Fsp3) is 0.278. The summed E-state index contributed by atoms with van der Waals surface area (Å²) in [5.41, 5.74) is 6.39. The molecule has 2 aliphatic carbocycles. The van der Waals surface area contributed by atoms with E-state index in [4.69, 9.17) is 4.42 Å². The van der Waals surface area contributed by atoms with Gasteiger partial charge in [-0.25, -0.2) is 0 Å². The van der Waals surface area contributed by atoms with Crippen molar-refractivity contribution in [2.24, 2.45) is 0 Å². The zero-order valence-electron chi connectivity index (χ0n) is 11.9. The first-order chi connectivity index (χ1) is 9.54. The van der Waals surface area contributed by atoms with E-state index >= 15 is 0 Å². The van der Waals surface area contributed by atoms with Gasteiger partial charge in [0.15, 0.2) is 5.76 Å². The molecule has 2 heteroatoms. The summed E-state index contributed by atoms with van der Waals surface area (Å²) in [6.07, 6.45) is 4.92. The molecule has 0 saturated carbocycles. The molecule has 4 rings (SSSR count). The molecule has 0 amide bonds. The molecule has 0 saturated heterocycles. The molecular weight excluding hydrogens is 248 g/mol. The minimum Gasteiger partial charge on any atom is -0.460 e. The van der Waals surface area contributed by atoms with Crippen LogP contribution >= 0.6 is 0 Å². The maximum atomic E-state index is 12.7. The van der Waals surface area contributed by atoms with Gasteiger partial charge in [0.05, 0.1) is 6.26 Å². The minimum absolute atomic E-state index is 0.0251. The lowest BCUT2D eigenvalue weighted by Gasteiger charge is -2.38. The number of carbonyl (C=O) groups is 1. The molecule has 0 bridgehead atoms. The zero-order valence-corrected chi connectivity index (χ0v) is 11.9. The lowest BCUT2D eigenvalue weighted by molar-refractivity contribution is 0.0999. The molecule has 0 radical (unpaired) electrons. The van der Waals surface area contributed by atoms with E-state index in [1.165, 1.54) is 16.7 Å². The number of ketones is 1. The van der Waals surface area contributed by atoms with Gasteiger partial charge in [-0.1, -0.05) is 31.2 Å². The molecule has 2 aliphatic rings. The Kier molecular flexibility index (Phi) is 2.06. The van der Waals surface area contributed by atoms with Crippen molar-refractivity contribution in [3.8, 4) is 0 Å². The summed E-state index contributed by atoms with van der Waals surface area (Å²) in [5.74, 6) is 0.560. The molecule has 0 spiro atoms. The molecule has 1 aromatic heterocycles. The molecule has 20 heavy (non-hydrogen) atoms. The van der Waals surface area contributed by atoms with Gasteiger partial charge in [-0.15, -0.1) is 0 Å². The second kappa shape index (κ2) is 3.51. The summed E-state index contributed by atoms with van der Waals surface area (Å²) >= 11 is 0. The SMILES string of the molecule is CC1=CCC2(C)c3c(C)cccc3C(=O)c3occ1c32. The van der Waals surface area contributed by atoms with Crippen molar-refractivity contribution in [1.82, 2.24) is 0 Å². The first-order valence-electron chi connectivity index (χ1n) is 6.98. The van der Waals surface area contributed by atoms with Crippen molar-refractivity contribution in [2.45, 2.75) is 32.6 Å². The summed E-state index contributed by atoms with van der Waals surface area (Å²) in [6, 6.07) is 5.97. The minimum atomic E-state index is -0.147. The molecule has 100 valence electrons. The Balaban J connectivity index is 2.15. The Morgan fingerprint density at radius 3 is 2.75 bits per heavy atom. The molecule has 1 unspecified atom stereocenters. The van der Waals surface area contributed by atoms with E-state index in [9.17, 15) is 4.79 Å². The van der Waals surface area contributed by atoms with Gasteiger partial charge in [0, 0.05) is 22.1 Å². The van der Waals surface area contributed by atoms with E-state index in [2.05, 4.69) is 32.9 Å². The monoisotopic (exact) mass is 264 g/mol. The van der Waals surface area contributed by atoms with Crippen molar-refractivity contribution in [3.63, 3.8) is 0 Å². The van der Waals surface area contributed by atoms with Crippen molar-refractivity contribution in [2.75, 3.05) is 0 Å². The van der Waals surface area contributed by atoms with Crippen LogP contribution in [0.25, 0.3) is 5.57 Å². The highest BCUT2D eigenvalue weighted by molar-refractivity contribution is 6.12. The van der Waals surface area contributed by atoms with Crippen molar-refractivity contribution in [3.05, 3.63) is 64.1 Å². The molecule has 0 fully saturated rings. The van der Waals surface area contributed by atoms with Crippen LogP contribution in [-0.4, -0.2) is 5.78 Å². The number of hydrogen-bond donors (Lipinski definition) is 0. The van der Waals surface area contributed by atoms with Gasteiger partial charge in [-0.05, 0) is 37.0 Å². The molecule has 2 aromatic rings. The second-order valence-electron chi connectivity index (χ2n) is 6.10. The number of aryl methyl sites for hydroxylation is 1. The number of hydrogen-bond acceptors (Lipinski definition) is 2. The van der Waals surface area contributed by atoms with Gasteiger partial charge < -0.3 is 4.42 Å². The second-order valence-corrected chi connectivity index (χ2v) is 6.10. The van der Waals surface area contributed by atoms with Crippen LogP contribution in [-0.2, 0) is 5.41 Å². The maximum absolute atomic E-state index is 12.7. The Morgan fingerprint density at radius 1 is 1.15 bits per heavy atom. The predicted octanol–water partition coefficient (Wildman–Crippen LogP) is 4.25. The van der Waals surface area contributed by atoms with Crippen molar-refractivity contribution >= 4 is 11.4 Å². The predicted molar refractivity (Wildman–Crippen MR) is 78.0 cm³/mol. The topological polar surface area (TPSA) is 30.2 Å². The summed E-state index contributed by atoms with van der Waals surface area (Å²) in [6.45, 7) is 6.40. The number of rotatable bonds is 0. The molecule has 0 aliphatic heterocycles. The maximum Gasteiger partial charge on any atom is 0.228 e. The first kappa shape index (κ1) is 11.7. The van der Waals surface area contributed by atoms with Crippen LogP contribution in [0.4, 0.5) is 0 Å². The van der Waals surface area contributed by atoms with Gasteiger partial charge in [0.1, 0.15) is 0 Å². The van der Waals surface area contributed by atoms with Crippen molar-refractivity contribution in [1.29, 1.82) is 0 Å². The first-order valence-corrected chi connectivity index (χ1v) is 6.98. The van der Waals surface area contributed by atoms with Crippen LogP contribution in [0.1, 0.15) is 58.6 Å². The number of furan rings is 1. The van der Waals surface area contributed by atoms with Gasteiger partial charge in [-0.2, -0.15) is 0 Å².